The van der Waals surface area contributed by atoms with E-state index in [-0.39, 0.29) is 11.8 Å². The summed E-state index contributed by atoms with van der Waals surface area (Å²) in [5.41, 5.74) is 3.99. The van der Waals surface area contributed by atoms with Crippen LogP contribution in [0.5, 0.6) is 0 Å². The number of nitrogens with one attached hydrogen (secondary N) is 1. The summed E-state index contributed by atoms with van der Waals surface area (Å²) in [7, 11) is 0. The Morgan fingerprint density at radius 1 is 1.03 bits per heavy atom. The number of likely N-dealkylation sites (tertiary alicyclic amines) is 1. The van der Waals surface area contributed by atoms with Crippen LogP contribution in [0.15, 0.2) is 72.9 Å². The van der Waals surface area contributed by atoms with Gasteiger partial charge in [-0.3, -0.25) is 4.79 Å². The van der Waals surface area contributed by atoms with E-state index in [4.69, 9.17) is 4.98 Å². The summed E-state index contributed by atoms with van der Waals surface area (Å²) >= 11 is 0. The number of nitrogens with zero attached hydrogens (tertiary/aromatic N) is 3. The van der Waals surface area contributed by atoms with Crippen LogP contribution in [0.1, 0.15) is 40.6 Å². The summed E-state index contributed by atoms with van der Waals surface area (Å²) in [6.07, 6.45) is 4.03. The Bertz CT molecular complexity index is 1090. The van der Waals surface area contributed by atoms with Crippen LogP contribution in [0, 0.1) is 0 Å². The lowest BCUT2D eigenvalue weighted by Crippen LogP contribution is -2.40. The first-order valence-corrected chi connectivity index (χ1v) is 10.2. The predicted molar refractivity (Wildman–Crippen MR) is 114 cm³/mol. The number of amides is 1. The second-order valence-corrected chi connectivity index (χ2v) is 7.74. The number of H-pyrrole nitrogens is 1. The van der Waals surface area contributed by atoms with E-state index in [0.29, 0.717) is 13.1 Å². The molecule has 5 rings (SSSR count). The molecule has 1 unspecified atom stereocenters. The molecule has 0 radical (unpaired) electrons. The number of benzene rings is 2. The summed E-state index contributed by atoms with van der Waals surface area (Å²) < 4.78 is 2.04. The maximum Gasteiger partial charge on any atom is 0.270 e. The van der Waals surface area contributed by atoms with Crippen molar-refractivity contribution in [3.05, 3.63) is 90.0 Å². The lowest BCUT2D eigenvalue weighted by atomic mass is 9.97. The van der Waals surface area contributed by atoms with Gasteiger partial charge in [-0.1, -0.05) is 42.5 Å². The SMILES string of the molecule is O=C(c1cccn1Cc1ccccc1)N1CCCC(c2nc3ccccc3[nH]2)C1. The fourth-order valence-electron chi connectivity index (χ4n) is 4.24. The number of aromatic amines is 1. The van der Waals surface area contributed by atoms with Gasteiger partial charge in [-0.05, 0) is 42.7 Å². The van der Waals surface area contributed by atoms with Gasteiger partial charge in [-0.2, -0.15) is 0 Å². The van der Waals surface area contributed by atoms with Gasteiger partial charge in [0, 0.05) is 31.7 Å². The molecule has 2 aromatic heterocycles. The Morgan fingerprint density at radius 2 is 1.86 bits per heavy atom. The maximum absolute atomic E-state index is 13.3. The van der Waals surface area contributed by atoms with E-state index in [1.165, 1.54) is 5.56 Å². The van der Waals surface area contributed by atoms with E-state index < -0.39 is 0 Å². The first-order valence-electron chi connectivity index (χ1n) is 10.2. The molecule has 5 nitrogen and oxygen atoms in total. The zero-order valence-electron chi connectivity index (χ0n) is 16.3. The third-order valence-electron chi connectivity index (χ3n) is 5.75. The molecule has 4 aromatic rings. The molecule has 1 N–H and O–H groups in total. The van der Waals surface area contributed by atoms with Gasteiger partial charge >= 0.3 is 0 Å². The van der Waals surface area contributed by atoms with Gasteiger partial charge in [0.25, 0.3) is 5.91 Å². The molecule has 1 fully saturated rings. The van der Waals surface area contributed by atoms with Crippen LogP contribution < -0.4 is 0 Å². The molecule has 2 aromatic carbocycles. The van der Waals surface area contributed by atoms with Crippen molar-refractivity contribution >= 4 is 16.9 Å². The summed E-state index contributed by atoms with van der Waals surface area (Å²) in [6.45, 7) is 2.21. The number of carbonyl (C=O) groups excluding carboxylic acids is 1. The van der Waals surface area contributed by atoms with Crippen LogP contribution in [-0.4, -0.2) is 38.4 Å². The minimum atomic E-state index is 0.103. The third-order valence-corrected chi connectivity index (χ3v) is 5.75. The van der Waals surface area contributed by atoms with Crippen molar-refractivity contribution in [2.75, 3.05) is 13.1 Å². The van der Waals surface area contributed by atoms with Gasteiger partial charge < -0.3 is 14.5 Å². The van der Waals surface area contributed by atoms with Gasteiger partial charge in [0.2, 0.25) is 0 Å². The molecule has 0 spiro atoms. The molecular formula is C24H24N4O. The molecule has 146 valence electrons. The van der Waals surface area contributed by atoms with E-state index >= 15 is 0 Å². The molecule has 1 aliphatic rings. The number of piperidine rings is 1. The summed E-state index contributed by atoms with van der Waals surface area (Å²) in [6, 6.07) is 22.2. The number of rotatable bonds is 4. The standard InChI is InChI=1S/C24H24N4O/c29-24(22-13-7-14-27(22)16-18-8-2-1-3-9-18)28-15-6-10-19(17-28)23-25-20-11-4-5-12-21(20)26-23/h1-5,7-9,11-14,19H,6,10,15-17H2,(H,25,26). The fourth-order valence-corrected chi connectivity index (χ4v) is 4.24. The highest BCUT2D eigenvalue weighted by Crippen LogP contribution is 2.27. The number of hydrogen-bond donors (Lipinski definition) is 1. The average molecular weight is 384 g/mol. The molecule has 1 aliphatic heterocycles. The van der Waals surface area contributed by atoms with Gasteiger partial charge in [0.05, 0.1) is 11.0 Å². The predicted octanol–water partition coefficient (Wildman–Crippen LogP) is 4.43. The van der Waals surface area contributed by atoms with E-state index in [1.807, 2.05) is 70.3 Å². The summed E-state index contributed by atoms with van der Waals surface area (Å²) in [4.78, 5) is 23.5. The number of hydrogen-bond acceptors (Lipinski definition) is 2. The molecule has 1 saturated heterocycles. The Morgan fingerprint density at radius 3 is 2.72 bits per heavy atom. The Kier molecular flexibility index (Phi) is 4.64. The zero-order valence-corrected chi connectivity index (χ0v) is 16.3. The Hall–Kier alpha value is -3.34. The minimum Gasteiger partial charge on any atom is -0.342 e. The second kappa shape index (κ2) is 7.59. The molecule has 1 amide bonds. The van der Waals surface area contributed by atoms with Crippen molar-refractivity contribution in [1.29, 1.82) is 0 Å². The number of fused-ring (bicyclic) bond motifs is 1. The first kappa shape index (κ1) is 17.7. The highest BCUT2D eigenvalue weighted by Gasteiger charge is 2.28. The van der Waals surface area contributed by atoms with E-state index in [9.17, 15) is 4.79 Å². The van der Waals surface area contributed by atoms with Crippen LogP contribution >= 0.6 is 0 Å². The molecule has 0 bridgehead atoms. The molecule has 5 heteroatoms. The first-order chi connectivity index (χ1) is 14.3. The second-order valence-electron chi connectivity index (χ2n) is 7.74. The highest BCUT2D eigenvalue weighted by molar-refractivity contribution is 5.93. The lowest BCUT2D eigenvalue weighted by Gasteiger charge is -2.32. The van der Waals surface area contributed by atoms with Crippen molar-refractivity contribution < 1.29 is 4.79 Å². The number of carbonyl (C=O) groups is 1. The summed E-state index contributed by atoms with van der Waals surface area (Å²) in [5.74, 6) is 1.34. The van der Waals surface area contributed by atoms with E-state index in [2.05, 4.69) is 17.1 Å². The van der Waals surface area contributed by atoms with Crippen LogP contribution in [0.4, 0.5) is 0 Å². The minimum absolute atomic E-state index is 0.103. The topological polar surface area (TPSA) is 53.9 Å². The number of imidazole rings is 1. The normalized spacial score (nSPS) is 17.0. The smallest absolute Gasteiger partial charge is 0.270 e. The maximum atomic E-state index is 13.3. The van der Waals surface area contributed by atoms with Gasteiger partial charge in [0.1, 0.15) is 11.5 Å². The quantitative estimate of drug-likeness (QED) is 0.566. The molecule has 0 saturated carbocycles. The van der Waals surface area contributed by atoms with E-state index in [0.717, 1.165) is 41.9 Å². The largest absolute Gasteiger partial charge is 0.342 e. The molecule has 1 atom stereocenters. The molecule has 3 heterocycles. The van der Waals surface area contributed by atoms with Crippen molar-refractivity contribution in [3.63, 3.8) is 0 Å². The van der Waals surface area contributed by atoms with Crippen LogP contribution in [0.25, 0.3) is 11.0 Å². The zero-order chi connectivity index (χ0) is 19.6. The van der Waals surface area contributed by atoms with Crippen molar-refractivity contribution in [1.82, 2.24) is 19.4 Å². The summed E-state index contributed by atoms with van der Waals surface area (Å²) in [5, 5.41) is 0. The third kappa shape index (κ3) is 3.56. The molecule has 29 heavy (non-hydrogen) atoms. The highest BCUT2D eigenvalue weighted by atomic mass is 16.2. The average Bonchev–Trinajstić information content (AvgIpc) is 3.41. The van der Waals surface area contributed by atoms with Crippen LogP contribution in [0.2, 0.25) is 0 Å². The van der Waals surface area contributed by atoms with Gasteiger partial charge in [-0.15, -0.1) is 0 Å². The Balaban J connectivity index is 1.34. The number of para-hydroxylation sites is 2. The lowest BCUT2D eigenvalue weighted by molar-refractivity contribution is 0.0694. The van der Waals surface area contributed by atoms with Crippen LogP contribution in [-0.2, 0) is 6.54 Å². The van der Waals surface area contributed by atoms with Gasteiger partial charge in [0.15, 0.2) is 0 Å². The monoisotopic (exact) mass is 384 g/mol. The molecule has 0 aliphatic carbocycles. The van der Waals surface area contributed by atoms with Crippen LogP contribution in [0.3, 0.4) is 0 Å². The van der Waals surface area contributed by atoms with Crippen molar-refractivity contribution in [3.8, 4) is 0 Å². The van der Waals surface area contributed by atoms with Crippen molar-refractivity contribution in [2.45, 2.75) is 25.3 Å². The fraction of sp³-hybridized carbons (Fsp3) is 0.250. The van der Waals surface area contributed by atoms with Gasteiger partial charge in [-0.25, -0.2) is 4.98 Å². The van der Waals surface area contributed by atoms with E-state index in [1.54, 1.807) is 0 Å². The number of aromatic nitrogens is 3. The Labute approximate surface area is 170 Å². The molecular weight excluding hydrogens is 360 g/mol. The van der Waals surface area contributed by atoms with Crippen molar-refractivity contribution in [2.24, 2.45) is 0 Å².